The van der Waals surface area contributed by atoms with Gasteiger partial charge in [-0.15, -0.1) is 11.8 Å². The van der Waals surface area contributed by atoms with Gasteiger partial charge in [0.1, 0.15) is 0 Å². The molecule has 84 valence electrons. The summed E-state index contributed by atoms with van der Waals surface area (Å²) in [5.74, 6) is 0.957. The van der Waals surface area contributed by atoms with Crippen LogP contribution in [0.4, 0.5) is 0 Å². The molecule has 0 unspecified atom stereocenters. The van der Waals surface area contributed by atoms with E-state index in [9.17, 15) is 0 Å². The lowest BCUT2D eigenvalue weighted by Gasteiger charge is -2.14. The van der Waals surface area contributed by atoms with Crippen molar-refractivity contribution in [3.8, 4) is 6.07 Å². The van der Waals surface area contributed by atoms with Crippen LogP contribution in [0, 0.1) is 16.7 Å². The Morgan fingerprint density at radius 3 is 2.62 bits per heavy atom. The van der Waals surface area contributed by atoms with Crippen LogP contribution in [0.15, 0.2) is 47.4 Å². The van der Waals surface area contributed by atoms with Crippen LogP contribution in [0.3, 0.4) is 0 Å². The molecule has 0 aliphatic rings. The van der Waals surface area contributed by atoms with Crippen LogP contribution < -0.4 is 0 Å². The molecule has 0 spiro atoms. The van der Waals surface area contributed by atoms with Crippen LogP contribution in [0.25, 0.3) is 0 Å². The highest BCUT2D eigenvalue weighted by Gasteiger charge is 2.11. The minimum absolute atomic E-state index is 0.00794. The molecule has 0 saturated carbocycles. The molecular formula is C14H17NS. The van der Waals surface area contributed by atoms with E-state index < -0.39 is 0 Å². The Bertz CT molecular complexity index is 373. The fraction of sp³-hybridized carbons (Fsp3) is 0.357. The van der Waals surface area contributed by atoms with E-state index in [2.05, 4.69) is 44.2 Å². The van der Waals surface area contributed by atoms with Crippen molar-refractivity contribution in [3.63, 3.8) is 0 Å². The van der Waals surface area contributed by atoms with Crippen molar-refractivity contribution in [2.45, 2.75) is 25.2 Å². The quantitative estimate of drug-likeness (QED) is 0.558. The Hall–Kier alpha value is -1.20. The largest absolute Gasteiger partial charge is 0.198 e. The topological polar surface area (TPSA) is 23.8 Å². The lowest BCUT2D eigenvalue weighted by molar-refractivity contribution is 0.494. The molecule has 0 amide bonds. The summed E-state index contributed by atoms with van der Waals surface area (Å²) in [5.41, 5.74) is -0.00794. The first kappa shape index (κ1) is 12.9. The van der Waals surface area contributed by atoms with Crippen molar-refractivity contribution in [2.75, 3.05) is 5.75 Å². The number of nitrogens with zero attached hydrogens (tertiary/aromatic N) is 1. The van der Waals surface area contributed by atoms with Crippen molar-refractivity contribution in [2.24, 2.45) is 5.41 Å². The number of rotatable bonds is 5. The minimum Gasteiger partial charge on any atom is -0.198 e. The summed E-state index contributed by atoms with van der Waals surface area (Å²) in [6.45, 7) is 4.17. The summed E-state index contributed by atoms with van der Waals surface area (Å²) < 4.78 is 0. The maximum Gasteiger partial charge on any atom is 0.0630 e. The van der Waals surface area contributed by atoms with Crippen molar-refractivity contribution < 1.29 is 0 Å². The van der Waals surface area contributed by atoms with Crippen LogP contribution in [0.5, 0.6) is 0 Å². The van der Waals surface area contributed by atoms with Gasteiger partial charge in [0.05, 0.1) is 6.07 Å². The summed E-state index contributed by atoms with van der Waals surface area (Å²) in [6.07, 6.45) is 4.85. The molecule has 0 aromatic heterocycles. The fourth-order valence-electron chi connectivity index (χ4n) is 1.29. The van der Waals surface area contributed by atoms with Crippen LogP contribution >= 0.6 is 11.8 Å². The lowest BCUT2D eigenvalue weighted by Crippen LogP contribution is -2.05. The normalized spacial score (nSPS) is 11.6. The summed E-state index contributed by atoms with van der Waals surface area (Å²) in [5, 5.41) is 8.65. The summed E-state index contributed by atoms with van der Waals surface area (Å²) in [4.78, 5) is 1.28. The highest BCUT2D eigenvalue weighted by molar-refractivity contribution is 7.99. The Balaban J connectivity index is 2.36. The maximum atomic E-state index is 8.65. The molecule has 2 heteroatoms. The van der Waals surface area contributed by atoms with E-state index in [4.69, 9.17) is 5.26 Å². The molecule has 1 rings (SSSR count). The van der Waals surface area contributed by atoms with Gasteiger partial charge in [0, 0.05) is 17.1 Å². The SMILES string of the molecule is CC(C)(/C=C/CSc1ccccc1)CC#N. The van der Waals surface area contributed by atoms with Gasteiger partial charge < -0.3 is 0 Å². The number of thioether (sulfide) groups is 1. The maximum absolute atomic E-state index is 8.65. The lowest BCUT2D eigenvalue weighted by atomic mass is 9.90. The first-order valence-corrected chi connectivity index (χ1v) is 6.35. The standard InChI is InChI=1S/C14H17NS/c1-14(2,10-11-15)9-6-12-16-13-7-4-3-5-8-13/h3-9H,10,12H2,1-2H3/b9-6+. The number of hydrogen-bond acceptors (Lipinski definition) is 2. The molecule has 0 aliphatic carbocycles. The van der Waals surface area contributed by atoms with Crippen molar-refractivity contribution >= 4 is 11.8 Å². The molecule has 0 atom stereocenters. The first-order chi connectivity index (χ1) is 7.64. The summed E-state index contributed by atoms with van der Waals surface area (Å²) >= 11 is 1.81. The van der Waals surface area contributed by atoms with E-state index in [0.717, 1.165) is 5.75 Å². The Kier molecular flexibility index (Phi) is 5.14. The van der Waals surface area contributed by atoms with E-state index in [1.165, 1.54) is 4.90 Å². The van der Waals surface area contributed by atoms with Crippen molar-refractivity contribution in [1.82, 2.24) is 0 Å². The third-order valence-corrected chi connectivity index (χ3v) is 3.16. The molecule has 1 aromatic carbocycles. The molecule has 1 nitrogen and oxygen atoms in total. The van der Waals surface area contributed by atoms with Gasteiger partial charge in [0.15, 0.2) is 0 Å². The predicted molar refractivity (Wildman–Crippen MR) is 70.3 cm³/mol. The van der Waals surface area contributed by atoms with Crippen LogP contribution in [-0.4, -0.2) is 5.75 Å². The molecule has 0 radical (unpaired) electrons. The molecule has 0 heterocycles. The molecule has 16 heavy (non-hydrogen) atoms. The summed E-state index contributed by atoms with van der Waals surface area (Å²) in [7, 11) is 0. The van der Waals surface area contributed by atoms with Gasteiger partial charge in [0.2, 0.25) is 0 Å². The average Bonchev–Trinajstić information content (AvgIpc) is 2.26. The van der Waals surface area contributed by atoms with E-state index >= 15 is 0 Å². The third kappa shape index (κ3) is 5.04. The van der Waals surface area contributed by atoms with E-state index in [-0.39, 0.29) is 5.41 Å². The molecule has 0 saturated heterocycles. The van der Waals surface area contributed by atoms with E-state index in [1.807, 2.05) is 30.0 Å². The molecule has 0 N–H and O–H groups in total. The van der Waals surface area contributed by atoms with E-state index in [1.54, 1.807) is 0 Å². The van der Waals surface area contributed by atoms with Gasteiger partial charge in [-0.25, -0.2) is 0 Å². The number of allylic oxidation sites excluding steroid dienone is 1. The Morgan fingerprint density at radius 2 is 2.00 bits per heavy atom. The Labute approximate surface area is 102 Å². The number of nitriles is 1. The number of hydrogen-bond donors (Lipinski definition) is 0. The van der Waals surface area contributed by atoms with Crippen LogP contribution in [0.2, 0.25) is 0 Å². The Morgan fingerprint density at radius 1 is 1.31 bits per heavy atom. The molecule has 1 aromatic rings. The minimum atomic E-state index is -0.00794. The summed E-state index contributed by atoms with van der Waals surface area (Å²) in [6, 6.07) is 12.5. The fourth-order valence-corrected chi connectivity index (χ4v) is 2.03. The van der Waals surface area contributed by atoms with Gasteiger partial charge >= 0.3 is 0 Å². The zero-order valence-electron chi connectivity index (χ0n) is 9.81. The van der Waals surface area contributed by atoms with Crippen LogP contribution in [-0.2, 0) is 0 Å². The van der Waals surface area contributed by atoms with Crippen molar-refractivity contribution in [1.29, 1.82) is 5.26 Å². The first-order valence-electron chi connectivity index (χ1n) is 5.36. The molecule has 0 bridgehead atoms. The second-order valence-corrected chi connectivity index (χ2v) is 5.44. The number of benzene rings is 1. The predicted octanol–water partition coefficient (Wildman–Crippen LogP) is 4.27. The van der Waals surface area contributed by atoms with E-state index in [0.29, 0.717) is 6.42 Å². The second-order valence-electron chi connectivity index (χ2n) is 4.35. The van der Waals surface area contributed by atoms with Gasteiger partial charge in [0.25, 0.3) is 0 Å². The van der Waals surface area contributed by atoms with Gasteiger partial charge in [-0.3, -0.25) is 0 Å². The molecular weight excluding hydrogens is 214 g/mol. The smallest absolute Gasteiger partial charge is 0.0630 e. The van der Waals surface area contributed by atoms with Gasteiger partial charge in [-0.2, -0.15) is 5.26 Å². The highest BCUT2D eigenvalue weighted by atomic mass is 32.2. The van der Waals surface area contributed by atoms with Gasteiger partial charge in [-0.1, -0.05) is 44.2 Å². The monoisotopic (exact) mass is 231 g/mol. The highest BCUT2D eigenvalue weighted by Crippen LogP contribution is 2.23. The molecule has 0 fully saturated rings. The third-order valence-electron chi connectivity index (χ3n) is 2.19. The van der Waals surface area contributed by atoms with Crippen LogP contribution in [0.1, 0.15) is 20.3 Å². The average molecular weight is 231 g/mol. The van der Waals surface area contributed by atoms with Gasteiger partial charge in [-0.05, 0) is 17.5 Å². The van der Waals surface area contributed by atoms with Crippen molar-refractivity contribution in [3.05, 3.63) is 42.5 Å². The second kappa shape index (κ2) is 6.40. The molecule has 0 aliphatic heterocycles. The zero-order valence-corrected chi connectivity index (χ0v) is 10.6. The zero-order chi connectivity index (χ0) is 11.9.